The summed E-state index contributed by atoms with van der Waals surface area (Å²) in [7, 11) is 0. The zero-order valence-corrected chi connectivity index (χ0v) is 11.3. The van der Waals surface area contributed by atoms with E-state index in [1.165, 1.54) is 32.1 Å². The molecule has 0 amide bonds. The minimum absolute atomic E-state index is 0.0392. The fourth-order valence-corrected chi connectivity index (χ4v) is 1.61. The van der Waals surface area contributed by atoms with Crippen molar-refractivity contribution in [3.8, 4) is 0 Å². The number of Topliss-reactive ketones (excluding diaryl/α,β-unsaturated/α-hetero) is 1. The number of unbranched alkanes of at least 4 members (excludes halogenated alkanes) is 6. The first-order valence-corrected chi connectivity index (χ1v) is 6.88. The van der Waals surface area contributed by atoms with Gasteiger partial charge in [-0.2, -0.15) is 0 Å². The number of ether oxygens (including phenoxy) is 1. The smallest absolute Gasteiger partial charge is 0.305 e. The molecule has 0 aliphatic heterocycles. The zero-order valence-electron chi connectivity index (χ0n) is 11.3. The lowest BCUT2D eigenvalue weighted by molar-refractivity contribution is -0.147. The highest BCUT2D eigenvalue weighted by Crippen LogP contribution is 2.08. The predicted molar refractivity (Wildman–Crippen MR) is 68.9 cm³/mol. The highest BCUT2D eigenvalue weighted by atomic mass is 16.5. The Morgan fingerprint density at radius 2 is 1.47 bits per heavy atom. The topological polar surface area (TPSA) is 43.4 Å². The molecule has 0 saturated heterocycles. The lowest BCUT2D eigenvalue weighted by atomic mass is 10.1. The Morgan fingerprint density at radius 1 is 0.882 bits per heavy atom. The average Bonchev–Trinajstić information content (AvgIpc) is 2.34. The molecule has 0 N–H and O–H groups in total. The molecule has 3 nitrogen and oxygen atoms in total. The monoisotopic (exact) mass is 242 g/mol. The van der Waals surface area contributed by atoms with Crippen LogP contribution in [0.15, 0.2) is 0 Å². The molecule has 0 fully saturated rings. The summed E-state index contributed by atoms with van der Waals surface area (Å²) in [4.78, 5) is 22.1. The Hall–Kier alpha value is -0.860. The van der Waals surface area contributed by atoms with Crippen LogP contribution in [0.1, 0.15) is 71.6 Å². The van der Waals surface area contributed by atoms with Crippen LogP contribution < -0.4 is 0 Å². The Kier molecular flexibility index (Phi) is 11.0. The molecule has 100 valence electrons. The van der Waals surface area contributed by atoms with Crippen molar-refractivity contribution in [1.82, 2.24) is 0 Å². The van der Waals surface area contributed by atoms with Gasteiger partial charge in [0.15, 0.2) is 5.78 Å². The van der Waals surface area contributed by atoms with E-state index >= 15 is 0 Å². The summed E-state index contributed by atoms with van der Waals surface area (Å²) in [5.41, 5.74) is 0. The third-order valence-corrected chi connectivity index (χ3v) is 2.74. The van der Waals surface area contributed by atoms with E-state index < -0.39 is 0 Å². The largest absolute Gasteiger partial charge is 0.458 e. The fraction of sp³-hybridized carbons (Fsp3) is 0.857. The van der Waals surface area contributed by atoms with Crippen molar-refractivity contribution in [2.45, 2.75) is 71.6 Å². The summed E-state index contributed by atoms with van der Waals surface area (Å²) < 4.78 is 4.77. The summed E-state index contributed by atoms with van der Waals surface area (Å²) in [6.07, 6.45) is 9.28. The summed E-state index contributed by atoms with van der Waals surface area (Å²) in [6, 6.07) is 0. The average molecular weight is 242 g/mol. The Balaban J connectivity index is 3.25. The van der Waals surface area contributed by atoms with Crippen LogP contribution in [0.2, 0.25) is 0 Å². The molecule has 0 radical (unpaired) electrons. The number of carbonyl (C=O) groups is 2. The molecule has 0 aliphatic rings. The maximum Gasteiger partial charge on any atom is 0.305 e. The van der Waals surface area contributed by atoms with Gasteiger partial charge in [0.05, 0.1) is 0 Å². The molecule has 3 heteroatoms. The maximum absolute atomic E-state index is 11.3. The van der Waals surface area contributed by atoms with E-state index in [2.05, 4.69) is 6.92 Å². The van der Waals surface area contributed by atoms with Gasteiger partial charge >= 0.3 is 5.97 Å². The van der Waals surface area contributed by atoms with Gasteiger partial charge < -0.3 is 4.74 Å². The molecular formula is C14H26O3. The highest BCUT2D eigenvalue weighted by molar-refractivity contribution is 5.82. The van der Waals surface area contributed by atoms with Crippen LogP contribution in [-0.4, -0.2) is 18.4 Å². The molecule has 0 spiro atoms. The van der Waals surface area contributed by atoms with E-state index in [9.17, 15) is 9.59 Å². The minimum Gasteiger partial charge on any atom is -0.458 e. The zero-order chi connectivity index (χ0) is 12.9. The minimum atomic E-state index is -0.294. The molecule has 0 rings (SSSR count). The molecule has 0 heterocycles. The Bertz CT molecular complexity index is 212. The highest BCUT2D eigenvalue weighted by Gasteiger charge is 2.05. The number of hydrogen-bond donors (Lipinski definition) is 0. The van der Waals surface area contributed by atoms with Gasteiger partial charge in [-0.05, 0) is 6.42 Å². The summed E-state index contributed by atoms with van der Waals surface area (Å²) >= 11 is 0. The first-order valence-electron chi connectivity index (χ1n) is 6.88. The molecule has 0 aliphatic carbocycles. The van der Waals surface area contributed by atoms with Crippen LogP contribution in [0.4, 0.5) is 0 Å². The molecule has 0 aromatic carbocycles. The SMILES string of the molecule is CCCCCCCCCC(=O)COC(=O)CC. The van der Waals surface area contributed by atoms with E-state index in [1.807, 2.05) is 0 Å². The first-order chi connectivity index (χ1) is 8.20. The van der Waals surface area contributed by atoms with Crippen molar-refractivity contribution in [1.29, 1.82) is 0 Å². The van der Waals surface area contributed by atoms with E-state index in [4.69, 9.17) is 4.74 Å². The lowest BCUT2D eigenvalue weighted by Gasteiger charge is -2.03. The normalized spacial score (nSPS) is 10.2. The summed E-state index contributed by atoms with van der Waals surface area (Å²) in [5.74, 6) is -0.252. The van der Waals surface area contributed by atoms with E-state index in [0.717, 1.165) is 12.8 Å². The van der Waals surface area contributed by atoms with Gasteiger partial charge in [0.25, 0.3) is 0 Å². The second kappa shape index (κ2) is 11.6. The van der Waals surface area contributed by atoms with Crippen LogP contribution >= 0.6 is 0 Å². The lowest BCUT2D eigenvalue weighted by Crippen LogP contribution is -2.12. The molecule has 0 unspecified atom stereocenters. The molecule has 0 atom stereocenters. The van der Waals surface area contributed by atoms with E-state index in [1.54, 1.807) is 6.92 Å². The van der Waals surface area contributed by atoms with Crippen molar-refractivity contribution in [2.75, 3.05) is 6.61 Å². The summed E-state index contributed by atoms with van der Waals surface area (Å²) in [6.45, 7) is 3.89. The van der Waals surface area contributed by atoms with E-state index in [-0.39, 0.29) is 18.4 Å². The number of hydrogen-bond acceptors (Lipinski definition) is 3. The Morgan fingerprint density at radius 3 is 2.06 bits per heavy atom. The number of carbonyl (C=O) groups excluding carboxylic acids is 2. The van der Waals surface area contributed by atoms with Gasteiger partial charge in [-0.1, -0.05) is 52.4 Å². The van der Waals surface area contributed by atoms with Gasteiger partial charge in [0.2, 0.25) is 0 Å². The van der Waals surface area contributed by atoms with E-state index in [0.29, 0.717) is 12.8 Å². The van der Waals surface area contributed by atoms with Gasteiger partial charge in [-0.15, -0.1) is 0 Å². The van der Waals surface area contributed by atoms with Crippen molar-refractivity contribution in [3.05, 3.63) is 0 Å². The van der Waals surface area contributed by atoms with Crippen LogP contribution in [0.5, 0.6) is 0 Å². The molecule has 0 saturated carbocycles. The number of rotatable bonds is 11. The standard InChI is InChI=1S/C14H26O3/c1-3-5-6-7-8-9-10-11-13(15)12-17-14(16)4-2/h3-12H2,1-2H3. The molecule has 17 heavy (non-hydrogen) atoms. The fourth-order valence-electron chi connectivity index (χ4n) is 1.61. The number of ketones is 1. The van der Waals surface area contributed by atoms with Gasteiger partial charge in [0.1, 0.15) is 6.61 Å². The Labute approximate surface area is 105 Å². The van der Waals surface area contributed by atoms with Crippen molar-refractivity contribution in [3.63, 3.8) is 0 Å². The maximum atomic E-state index is 11.3. The van der Waals surface area contributed by atoms with Gasteiger partial charge in [-0.25, -0.2) is 0 Å². The van der Waals surface area contributed by atoms with Crippen molar-refractivity contribution < 1.29 is 14.3 Å². The number of esters is 1. The van der Waals surface area contributed by atoms with Crippen molar-refractivity contribution in [2.24, 2.45) is 0 Å². The van der Waals surface area contributed by atoms with Crippen molar-refractivity contribution >= 4 is 11.8 Å². The van der Waals surface area contributed by atoms with Crippen LogP contribution in [0.3, 0.4) is 0 Å². The van der Waals surface area contributed by atoms with Gasteiger partial charge in [0, 0.05) is 12.8 Å². The quantitative estimate of drug-likeness (QED) is 0.410. The first kappa shape index (κ1) is 16.1. The van der Waals surface area contributed by atoms with Crippen LogP contribution in [0.25, 0.3) is 0 Å². The predicted octanol–water partition coefficient (Wildman–Crippen LogP) is 3.65. The third-order valence-electron chi connectivity index (χ3n) is 2.74. The third kappa shape index (κ3) is 11.4. The summed E-state index contributed by atoms with van der Waals surface area (Å²) in [5, 5.41) is 0. The van der Waals surface area contributed by atoms with Crippen LogP contribution in [0, 0.1) is 0 Å². The van der Waals surface area contributed by atoms with Crippen LogP contribution in [-0.2, 0) is 14.3 Å². The second-order valence-electron chi connectivity index (χ2n) is 4.42. The molecule has 0 bridgehead atoms. The second-order valence-corrected chi connectivity index (χ2v) is 4.42. The molecular weight excluding hydrogens is 216 g/mol. The molecule has 0 aromatic rings. The molecule has 0 aromatic heterocycles. The van der Waals surface area contributed by atoms with Gasteiger partial charge in [-0.3, -0.25) is 9.59 Å².